The van der Waals surface area contributed by atoms with Crippen molar-refractivity contribution in [2.75, 3.05) is 0 Å². The van der Waals surface area contributed by atoms with Gasteiger partial charge in [0.25, 0.3) is 0 Å². The number of nitrogens with zero attached hydrogens (tertiary/aromatic N) is 1. The zero-order chi connectivity index (χ0) is 8.89. The van der Waals surface area contributed by atoms with E-state index < -0.39 is 0 Å². The molecular weight excluding hydrogens is 158 g/mol. The second kappa shape index (κ2) is 2.50. The van der Waals surface area contributed by atoms with Crippen molar-refractivity contribution in [3.8, 4) is 6.07 Å². The van der Waals surface area contributed by atoms with Crippen molar-refractivity contribution >= 4 is 0 Å². The van der Waals surface area contributed by atoms with Gasteiger partial charge in [-0.3, -0.25) is 0 Å². The molecule has 0 radical (unpaired) electrons. The minimum atomic E-state index is 0.428. The first kappa shape index (κ1) is 7.85. The van der Waals surface area contributed by atoms with E-state index >= 15 is 0 Å². The monoisotopic (exact) mass is 175 g/mol. The molecule has 70 valence electrons. The molecule has 1 heteroatoms. The molecule has 0 heterocycles. The Labute approximate surface area is 80.1 Å². The number of hydrogen-bond acceptors (Lipinski definition) is 1. The lowest BCUT2D eigenvalue weighted by atomic mass is 9.75. The van der Waals surface area contributed by atoms with Crippen molar-refractivity contribution in [1.29, 1.82) is 5.26 Å². The lowest BCUT2D eigenvalue weighted by Gasteiger charge is -2.29. The first-order chi connectivity index (χ1) is 6.37. The largest absolute Gasteiger partial charge is 0.198 e. The summed E-state index contributed by atoms with van der Waals surface area (Å²) in [4.78, 5) is 0. The molecule has 0 aliphatic heterocycles. The fourth-order valence-corrected chi connectivity index (χ4v) is 4.64. The van der Waals surface area contributed by atoms with Gasteiger partial charge in [0.1, 0.15) is 0 Å². The Morgan fingerprint density at radius 1 is 1.15 bits per heavy atom. The molecule has 3 aliphatic rings. The summed E-state index contributed by atoms with van der Waals surface area (Å²) < 4.78 is 0. The zero-order valence-electron chi connectivity index (χ0n) is 8.13. The van der Waals surface area contributed by atoms with Crippen molar-refractivity contribution in [3.05, 3.63) is 0 Å². The Kier molecular flexibility index (Phi) is 1.51. The van der Waals surface area contributed by atoms with Gasteiger partial charge in [0.15, 0.2) is 0 Å². The summed E-state index contributed by atoms with van der Waals surface area (Å²) in [5.41, 5.74) is 0.667. The molecule has 3 unspecified atom stereocenters. The van der Waals surface area contributed by atoms with Crippen LogP contribution in [0.1, 0.15) is 44.9 Å². The lowest BCUT2D eigenvalue weighted by molar-refractivity contribution is 0.195. The Morgan fingerprint density at radius 3 is 2.54 bits per heavy atom. The Balaban J connectivity index is 1.95. The van der Waals surface area contributed by atoms with Crippen LogP contribution in [0, 0.1) is 34.5 Å². The van der Waals surface area contributed by atoms with Crippen LogP contribution in [-0.2, 0) is 0 Å². The average Bonchev–Trinajstić information content (AvgIpc) is 2.84. The fraction of sp³-hybridized carbons (Fsp3) is 0.917. The van der Waals surface area contributed by atoms with E-state index in [-0.39, 0.29) is 0 Å². The normalized spacial score (nSPS) is 45.6. The molecule has 0 aromatic rings. The van der Waals surface area contributed by atoms with Crippen molar-refractivity contribution in [2.24, 2.45) is 23.2 Å². The standard InChI is InChI=1S/C12H17N/c13-8-9-7-10-3-4-11(9)12(10)5-1-2-6-12/h9-11H,1-7H2. The van der Waals surface area contributed by atoms with Gasteiger partial charge in [0.05, 0.1) is 6.07 Å². The van der Waals surface area contributed by atoms with Crippen LogP contribution in [0.3, 0.4) is 0 Å². The quantitative estimate of drug-likeness (QED) is 0.555. The average molecular weight is 175 g/mol. The van der Waals surface area contributed by atoms with E-state index in [1.165, 1.54) is 44.9 Å². The summed E-state index contributed by atoms with van der Waals surface area (Å²) in [5.74, 6) is 2.16. The third-order valence-corrected chi connectivity index (χ3v) is 5.10. The van der Waals surface area contributed by atoms with Gasteiger partial charge < -0.3 is 0 Å². The van der Waals surface area contributed by atoms with Gasteiger partial charge in [-0.05, 0) is 49.4 Å². The van der Waals surface area contributed by atoms with Gasteiger partial charge in [-0.25, -0.2) is 0 Å². The summed E-state index contributed by atoms with van der Waals surface area (Å²) in [6.07, 6.45) is 9.80. The molecule has 1 spiro atoms. The molecule has 13 heavy (non-hydrogen) atoms. The molecule has 3 saturated carbocycles. The zero-order valence-corrected chi connectivity index (χ0v) is 8.13. The van der Waals surface area contributed by atoms with Crippen LogP contribution in [0.2, 0.25) is 0 Å². The Morgan fingerprint density at radius 2 is 1.92 bits per heavy atom. The highest BCUT2D eigenvalue weighted by Crippen LogP contribution is 2.66. The molecule has 3 rings (SSSR count). The van der Waals surface area contributed by atoms with Gasteiger partial charge in [-0.15, -0.1) is 0 Å². The molecule has 3 fully saturated rings. The molecular formula is C12H17N. The second-order valence-electron chi connectivity index (χ2n) is 5.29. The van der Waals surface area contributed by atoms with E-state index in [9.17, 15) is 0 Å². The van der Waals surface area contributed by atoms with E-state index in [4.69, 9.17) is 5.26 Å². The molecule has 0 amide bonds. The summed E-state index contributed by atoms with van der Waals surface area (Å²) in [6.45, 7) is 0. The van der Waals surface area contributed by atoms with Crippen LogP contribution in [-0.4, -0.2) is 0 Å². The van der Waals surface area contributed by atoms with Crippen LogP contribution in [0.15, 0.2) is 0 Å². The number of hydrogen-bond donors (Lipinski definition) is 0. The van der Waals surface area contributed by atoms with E-state index in [1.54, 1.807) is 0 Å². The highest BCUT2D eigenvalue weighted by atomic mass is 14.6. The van der Waals surface area contributed by atoms with Gasteiger partial charge in [0.2, 0.25) is 0 Å². The SMILES string of the molecule is N#CC1CC2CCC1C21CCCC1. The van der Waals surface area contributed by atoms with Gasteiger partial charge in [0, 0.05) is 5.92 Å². The minimum Gasteiger partial charge on any atom is -0.198 e. The molecule has 2 bridgehead atoms. The smallest absolute Gasteiger partial charge is 0.0659 e. The molecule has 1 nitrogen and oxygen atoms in total. The van der Waals surface area contributed by atoms with E-state index in [1.807, 2.05) is 0 Å². The van der Waals surface area contributed by atoms with Gasteiger partial charge >= 0.3 is 0 Å². The summed E-state index contributed by atoms with van der Waals surface area (Å²) in [6, 6.07) is 2.55. The maximum absolute atomic E-state index is 9.08. The van der Waals surface area contributed by atoms with Crippen LogP contribution < -0.4 is 0 Å². The first-order valence-electron chi connectivity index (χ1n) is 5.76. The topological polar surface area (TPSA) is 23.8 Å². The highest BCUT2D eigenvalue weighted by molar-refractivity contribution is 5.12. The van der Waals surface area contributed by atoms with Gasteiger partial charge in [-0.2, -0.15) is 5.26 Å². The molecule has 3 atom stereocenters. The predicted octanol–water partition coefficient (Wildman–Crippen LogP) is 3.12. The predicted molar refractivity (Wildman–Crippen MR) is 50.8 cm³/mol. The van der Waals surface area contributed by atoms with Crippen molar-refractivity contribution < 1.29 is 0 Å². The second-order valence-corrected chi connectivity index (χ2v) is 5.29. The maximum Gasteiger partial charge on any atom is 0.0659 e. The fourth-order valence-electron chi connectivity index (χ4n) is 4.64. The lowest BCUT2D eigenvalue weighted by Crippen LogP contribution is -2.23. The van der Waals surface area contributed by atoms with Crippen LogP contribution in [0.5, 0.6) is 0 Å². The first-order valence-corrected chi connectivity index (χ1v) is 5.76. The van der Waals surface area contributed by atoms with Crippen molar-refractivity contribution in [2.45, 2.75) is 44.9 Å². The van der Waals surface area contributed by atoms with Crippen LogP contribution in [0.25, 0.3) is 0 Å². The van der Waals surface area contributed by atoms with Crippen molar-refractivity contribution in [3.63, 3.8) is 0 Å². The number of nitriles is 1. The minimum absolute atomic E-state index is 0.428. The molecule has 3 aliphatic carbocycles. The van der Waals surface area contributed by atoms with Gasteiger partial charge in [-0.1, -0.05) is 12.8 Å². The Bertz CT molecular complexity index is 257. The van der Waals surface area contributed by atoms with E-state index in [0.717, 1.165) is 11.8 Å². The molecule has 0 aromatic carbocycles. The van der Waals surface area contributed by atoms with Crippen molar-refractivity contribution in [1.82, 2.24) is 0 Å². The number of rotatable bonds is 0. The Hall–Kier alpha value is -0.510. The van der Waals surface area contributed by atoms with Crippen LogP contribution >= 0.6 is 0 Å². The maximum atomic E-state index is 9.08. The third-order valence-electron chi connectivity index (χ3n) is 5.10. The molecule has 0 saturated heterocycles. The highest BCUT2D eigenvalue weighted by Gasteiger charge is 2.59. The van der Waals surface area contributed by atoms with Crippen LogP contribution in [0.4, 0.5) is 0 Å². The molecule has 0 aromatic heterocycles. The van der Waals surface area contributed by atoms with E-state index in [2.05, 4.69) is 6.07 Å². The summed E-state index contributed by atoms with van der Waals surface area (Å²) >= 11 is 0. The summed E-state index contributed by atoms with van der Waals surface area (Å²) in [7, 11) is 0. The third kappa shape index (κ3) is 0.822. The molecule has 0 N–H and O–H groups in total. The summed E-state index contributed by atoms with van der Waals surface area (Å²) in [5, 5.41) is 9.08. The van der Waals surface area contributed by atoms with E-state index in [0.29, 0.717) is 11.3 Å².